The molecule has 1 aromatic carbocycles. The van der Waals surface area contributed by atoms with Crippen molar-refractivity contribution in [3.05, 3.63) is 27.7 Å². The minimum absolute atomic E-state index is 0.331. The molecule has 90 valence electrons. The maximum absolute atomic E-state index is 5.70. The smallest absolute Gasteiger partial charge is 0.191 e. The molecule has 3 nitrogen and oxygen atoms in total. The SMILES string of the molecule is COC(COc1c(C)cc(Br)cc1C)OC. The standard InChI is InChI=1S/C12H17BrO3/c1-8-5-10(13)6-9(2)12(8)16-7-11(14-3)15-4/h5-6,11H,7H2,1-4H3. The molecule has 1 aromatic rings. The van der Waals surface area contributed by atoms with Gasteiger partial charge >= 0.3 is 0 Å². The van der Waals surface area contributed by atoms with Crippen molar-refractivity contribution >= 4 is 15.9 Å². The van der Waals surface area contributed by atoms with Gasteiger partial charge in [0.15, 0.2) is 6.29 Å². The second-order valence-corrected chi connectivity index (χ2v) is 4.50. The zero-order valence-electron chi connectivity index (χ0n) is 10.0. The van der Waals surface area contributed by atoms with Crippen LogP contribution in [0.15, 0.2) is 16.6 Å². The molecule has 4 heteroatoms. The van der Waals surface area contributed by atoms with Crippen molar-refractivity contribution in [1.82, 2.24) is 0 Å². The summed E-state index contributed by atoms with van der Waals surface area (Å²) in [4.78, 5) is 0. The summed E-state index contributed by atoms with van der Waals surface area (Å²) < 4.78 is 16.9. The molecule has 0 spiro atoms. The Labute approximate surface area is 105 Å². The van der Waals surface area contributed by atoms with Gasteiger partial charge in [-0.05, 0) is 37.1 Å². The lowest BCUT2D eigenvalue weighted by molar-refractivity contribution is -0.122. The number of ether oxygens (including phenoxy) is 3. The fourth-order valence-corrected chi connectivity index (χ4v) is 2.20. The summed E-state index contributed by atoms with van der Waals surface area (Å²) >= 11 is 3.45. The Hall–Kier alpha value is -0.580. The third-order valence-electron chi connectivity index (χ3n) is 2.31. The maximum Gasteiger partial charge on any atom is 0.191 e. The van der Waals surface area contributed by atoms with Gasteiger partial charge in [-0.2, -0.15) is 0 Å². The molecule has 0 radical (unpaired) electrons. The van der Waals surface area contributed by atoms with E-state index in [1.165, 1.54) is 0 Å². The Morgan fingerprint density at radius 3 is 2.06 bits per heavy atom. The Bertz CT molecular complexity index is 325. The lowest BCUT2D eigenvalue weighted by Crippen LogP contribution is -2.22. The van der Waals surface area contributed by atoms with E-state index in [0.29, 0.717) is 6.61 Å². The lowest BCUT2D eigenvalue weighted by Gasteiger charge is -2.17. The van der Waals surface area contributed by atoms with E-state index in [1.807, 2.05) is 26.0 Å². The van der Waals surface area contributed by atoms with Crippen LogP contribution >= 0.6 is 15.9 Å². The molecule has 1 rings (SSSR count). The van der Waals surface area contributed by atoms with Crippen molar-refractivity contribution < 1.29 is 14.2 Å². The molecule has 0 aliphatic rings. The molecule has 0 aliphatic carbocycles. The molecule has 0 bridgehead atoms. The monoisotopic (exact) mass is 288 g/mol. The topological polar surface area (TPSA) is 27.7 Å². The molecular formula is C12H17BrO3. The Balaban J connectivity index is 2.74. The van der Waals surface area contributed by atoms with Gasteiger partial charge in [0.2, 0.25) is 0 Å². The molecule has 0 amide bonds. The molecule has 0 saturated heterocycles. The highest BCUT2D eigenvalue weighted by molar-refractivity contribution is 9.10. The average molecular weight is 289 g/mol. The third-order valence-corrected chi connectivity index (χ3v) is 2.77. The van der Waals surface area contributed by atoms with Gasteiger partial charge in [0.05, 0.1) is 0 Å². The summed E-state index contributed by atoms with van der Waals surface area (Å²) in [6.45, 7) is 4.42. The Morgan fingerprint density at radius 1 is 1.12 bits per heavy atom. The summed E-state index contributed by atoms with van der Waals surface area (Å²) in [6, 6.07) is 4.05. The van der Waals surface area contributed by atoms with Crippen LogP contribution in [0, 0.1) is 13.8 Å². The van der Waals surface area contributed by atoms with Gasteiger partial charge < -0.3 is 14.2 Å². The van der Waals surface area contributed by atoms with Crippen LogP contribution in [-0.4, -0.2) is 27.1 Å². The van der Waals surface area contributed by atoms with Gasteiger partial charge in [-0.15, -0.1) is 0 Å². The van der Waals surface area contributed by atoms with Crippen molar-refractivity contribution in [2.24, 2.45) is 0 Å². The van der Waals surface area contributed by atoms with Crippen molar-refractivity contribution in [3.8, 4) is 5.75 Å². The van der Waals surface area contributed by atoms with Crippen LogP contribution in [0.5, 0.6) is 5.75 Å². The number of hydrogen-bond acceptors (Lipinski definition) is 3. The minimum atomic E-state index is -0.331. The van der Waals surface area contributed by atoms with Crippen LogP contribution in [0.3, 0.4) is 0 Å². The van der Waals surface area contributed by atoms with Crippen LogP contribution < -0.4 is 4.74 Å². The summed E-state index contributed by atoms with van der Waals surface area (Å²) in [5.41, 5.74) is 2.19. The zero-order chi connectivity index (χ0) is 12.1. The van der Waals surface area contributed by atoms with E-state index >= 15 is 0 Å². The van der Waals surface area contributed by atoms with Gasteiger partial charge in [-0.1, -0.05) is 15.9 Å². The van der Waals surface area contributed by atoms with Crippen molar-refractivity contribution in [2.75, 3.05) is 20.8 Å². The van der Waals surface area contributed by atoms with E-state index in [0.717, 1.165) is 21.3 Å². The number of benzene rings is 1. The van der Waals surface area contributed by atoms with E-state index in [1.54, 1.807) is 14.2 Å². The second-order valence-electron chi connectivity index (χ2n) is 3.58. The highest BCUT2D eigenvalue weighted by atomic mass is 79.9. The summed E-state index contributed by atoms with van der Waals surface area (Å²) in [6.07, 6.45) is -0.331. The summed E-state index contributed by atoms with van der Waals surface area (Å²) in [5.74, 6) is 0.891. The van der Waals surface area contributed by atoms with Gasteiger partial charge in [0, 0.05) is 18.7 Å². The maximum atomic E-state index is 5.70. The number of halogens is 1. The quantitative estimate of drug-likeness (QED) is 0.780. The highest BCUT2D eigenvalue weighted by Crippen LogP contribution is 2.27. The second kappa shape index (κ2) is 6.23. The van der Waals surface area contributed by atoms with E-state index < -0.39 is 0 Å². The molecule has 0 fully saturated rings. The first-order chi connectivity index (χ1) is 7.58. The van der Waals surface area contributed by atoms with Crippen molar-refractivity contribution in [3.63, 3.8) is 0 Å². The lowest BCUT2D eigenvalue weighted by atomic mass is 10.1. The number of hydrogen-bond donors (Lipinski definition) is 0. The predicted molar refractivity (Wildman–Crippen MR) is 66.9 cm³/mol. The largest absolute Gasteiger partial charge is 0.488 e. The predicted octanol–water partition coefficient (Wildman–Crippen LogP) is 3.06. The van der Waals surface area contributed by atoms with Gasteiger partial charge in [-0.25, -0.2) is 0 Å². The molecule has 0 atom stereocenters. The first-order valence-corrected chi connectivity index (χ1v) is 5.83. The summed E-state index contributed by atoms with van der Waals surface area (Å²) in [5, 5.41) is 0. The fraction of sp³-hybridized carbons (Fsp3) is 0.500. The van der Waals surface area contributed by atoms with Crippen LogP contribution in [0.1, 0.15) is 11.1 Å². The van der Waals surface area contributed by atoms with Gasteiger partial charge in [0.25, 0.3) is 0 Å². The average Bonchev–Trinajstić information content (AvgIpc) is 2.22. The molecule has 16 heavy (non-hydrogen) atoms. The Kier molecular flexibility index (Phi) is 5.25. The number of methoxy groups -OCH3 is 2. The normalized spacial score (nSPS) is 10.9. The van der Waals surface area contributed by atoms with E-state index in [-0.39, 0.29) is 6.29 Å². The first kappa shape index (κ1) is 13.5. The Morgan fingerprint density at radius 2 is 1.62 bits per heavy atom. The first-order valence-electron chi connectivity index (χ1n) is 5.03. The molecule has 0 heterocycles. The number of rotatable bonds is 5. The van der Waals surface area contributed by atoms with Crippen molar-refractivity contribution in [1.29, 1.82) is 0 Å². The molecule has 0 aliphatic heterocycles. The van der Waals surface area contributed by atoms with E-state index in [4.69, 9.17) is 14.2 Å². The number of aryl methyl sites for hydroxylation is 2. The van der Waals surface area contributed by atoms with Crippen LogP contribution in [0.4, 0.5) is 0 Å². The summed E-state index contributed by atoms with van der Waals surface area (Å²) in [7, 11) is 3.19. The van der Waals surface area contributed by atoms with E-state index in [9.17, 15) is 0 Å². The van der Waals surface area contributed by atoms with Crippen LogP contribution in [0.25, 0.3) is 0 Å². The molecular weight excluding hydrogens is 272 g/mol. The fourth-order valence-electron chi connectivity index (χ4n) is 1.51. The molecule has 0 saturated carbocycles. The van der Waals surface area contributed by atoms with Crippen molar-refractivity contribution in [2.45, 2.75) is 20.1 Å². The molecule has 0 N–H and O–H groups in total. The third kappa shape index (κ3) is 3.47. The zero-order valence-corrected chi connectivity index (χ0v) is 11.6. The van der Waals surface area contributed by atoms with Gasteiger partial charge in [-0.3, -0.25) is 0 Å². The van der Waals surface area contributed by atoms with E-state index in [2.05, 4.69) is 15.9 Å². The highest BCUT2D eigenvalue weighted by Gasteiger charge is 2.10. The van der Waals surface area contributed by atoms with Gasteiger partial charge in [0.1, 0.15) is 12.4 Å². The molecule has 0 aromatic heterocycles. The molecule has 0 unspecified atom stereocenters. The van der Waals surface area contributed by atoms with Crippen LogP contribution in [-0.2, 0) is 9.47 Å². The minimum Gasteiger partial charge on any atom is -0.488 e. The van der Waals surface area contributed by atoms with Crippen LogP contribution in [0.2, 0.25) is 0 Å².